The third kappa shape index (κ3) is 6.14. The van der Waals surface area contributed by atoms with E-state index < -0.39 is 0 Å². The van der Waals surface area contributed by atoms with Gasteiger partial charge in [0.25, 0.3) is 0 Å². The van der Waals surface area contributed by atoms with Gasteiger partial charge in [-0.2, -0.15) is 11.8 Å². The molecule has 1 nitrogen and oxygen atoms in total. The number of thioether (sulfide) groups is 1. The fourth-order valence-corrected chi connectivity index (χ4v) is 1.23. The maximum atomic E-state index is 11.0. The largest absolute Gasteiger partial charge is 0.299 e. The number of Topliss-reactive ketones (excluding diaryl/α,β-unsaturated/α-hetero) is 1. The second kappa shape index (κ2) is 4.02. The third-order valence-electron chi connectivity index (χ3n) is 1.03. The van der Waals surface area contributed by atoms with E-state index in [4.69, 9.17) is 0 Å². The molecule has 60 valence electrons. The van der Waals surface area contributed by atoms with E-state index >= 15 is 0 Å². The van der Waals surface area contributed by atoms with Crippen LogP contribution in [0.5, 0.6) is 0 Å². The van der Waals surface area contributed by atoms with Crippen LogP contribution in [-0.2, 0) is 4.79 Å². The van der Waals surface area contributed by atoms with Crippen LogP contribution in [0.15, 0.2) is 0 Å². The molecule has 0 atom stereocenters. The number of carbonyl (C=O) groups excluding carboxylic acids is 1. The molecule has 0 N–H and O–H groups in total. The van der Waals surface area contributed by atoms with Gasteiger partial charge in [-0.1, -0.05) is 20.8 Å². The minimum atomic E-state index is 0.160. The summed E-state index contributed by atoms with van der Waals surface area (Å²) < 4.78 is 0. The molecule has 0 aliphatic rings. The second-order valence-corrected chi connectivity index (χ2v) is 4.58. The van der Waals surface area contributed by atoms with Crippen molar-refractivity contribution in [3.05, 3.63) is 0 Å². The highest BCUT2D eigenvalue weighted by atomic mass is 32.2. The Morgan fingerprint density at radius 3 is 2.20 bits per heavy atom. The molecular formula is C8H16OS. The van der Waals surface area contributed by atoms with Gasteiger partial charge in [0.2, 0.25) is 0 Å². The lowest BCUT2D eigenvalue weighted by Crippen LogP contribution is -2.14. The summed E-state index contributed by atoms with van der Waals surface area (Å²) >= 11 is 1.60. The summed E-state index contributed by atoms with van der Waals surface area (Å²) in [6.07, 6.45) is 2.66. The Bertz CT molecular complexity index is 113. The molecule has 0 spiro atoms. The Morgan fingerprint density at radius 1 is 1.40 bits per heavy atom. The highest BCUT2D eigenvalue weighted by Gasteiger charge is 2.14. The molecule has 0 radical (unpaired) electrons. The molecule has 0 heterocycles. The van der Waals surface area contributed by atoms with E-state index in [0.717, 1.165) is 0 Å². The van der Waals surface area contributed by atoms with Crippen LogP contribution in [0.1, 0.15) is 27.2 Å². The van der Waals surface area contributed by atoms with Crippen LogP contribution in [0.4, 0.5) is 0 Å². The molecule has 0 rings (SSSR count). The van der Waals surface area contributed by atoms with Crippen LogP contribution in [0, 0.1) is 5.41 Å². The van der Waals surface area contributed by atoms with Crippen molar-refractivity contribution in [1.29, 1.82) is 0 Å². The number of ketones is 1. The zero-order valence-electron chi connectivity index (χ0n) is 7.23. The van der Waals surface area contributed by atoms with Gasteiger partial charge in [0.15, 0.2) is 0 Å². The molecule has 0 fully saturated rings. The van der Waals surface area contributed by atoms with Crippen LogP contribution in [0.3, 0.4) is 0 Å². The monoisotopic (exact) mass is 160 g/mol. The second-order valence-electron chi connectivity index (χ2n) is 3.71. The van der Waals surface area contributed by atoms with Crippen molar-refractivity contribution in [2.24, 2.45) is 5.41 Å². The van der Waals surface area contributed by atoms with E-state index in [-0.39, 0.29) is 5.41 Å². The first kappa shape index (κ1) is 10.0. The molecule has 0 aromatic rings. The summed E-state index contributed by atoms with van der Waals surface area (Å²) in [5.41, 5.74) is 0.160. The van der Waals surface area contributed by atoms with Gasteiger partial charge < -0.3 is 0 Å². The minimum Gasteiger partial charge on any atom is -0.299 e. The number of carbonyl (C=O) groups is 1. The Hall–Kier alpha value is 0.0200. The first-order chi connectivity index (χ1) is 4.45. The highest BCUT2D eigenvalue weighted by Crippen LogP contribution is 2.19. The Kier molecular flexibility index (Phi) is 4.02. The molecule has 0 aromatic carbocycles. The van der Waals surface area contributed by atoms with Crippen molar-refractivity contribution in [3.8, 4) is 0 Å². The van der Waals surface area contributed by atoms with Gasteiger partial charge in [0, 0.05) is 6.42 Å². The lowest BCUT2D eigenvalue weighted by Gasteiger charge is -2.15. The predicted octanol–water partition coefficient (Wildman–Crippen LogP) is 2.35. The molecule has 0 aromatic heterocycles. The first-order valence-electron chi connectivity index (χ1n) is 3.46. The zero-order chi connectivity index (χ0) is 8.20. The SMILES string of the molecule is CSCC(=O)CC(C)(C)C. The maximum absolute atomic E-state index is 11.0. The average Bonchev–Trinajstić information content (AvgIpc) is 1.59. The van der Waals surface area contributed by atoms with Gasteiger partial charge in [-0.3, -0.25) is 4.79 Å². The highest BCUT2D eigenvalue weighted by molar-refractivity contribution is 7.99. The normalized spacial score (nSPS) is 11.6. The van der Waals surface area contributed by atoms with Gasteiger partial charge >= 0.3 is 0 Å². The van der Waals surface area contributed by atoms with Crippen molar-refractivity contribution in [2.45, 2.75) is 27.2 Å². The zero-order valence-corrected chi connectivity index (χ0v) is 8.05. The van der Waals surface area contributed by atoms with E-state index in [0.29, 0.717) is 18.0 Å². The van der Waals surface area contributed by atoms with Gasteiger partial charge in [-0.15, -0.1) is 0 Å². The van der Waals surface area contributed by atoms with Crippen molar-refractivity contribution >= 4 is 17.5 Å². The summed E-state index contributed by atoms with van der Waals surface area (Å²) in [6, 6.07) is 0. The topological polar surface area (TPSA) is 17.1 Å². The standard InChI is InChI=1S/C8H16OS/c1-8(2,3)5-7(9)6-10-4/h5-6H2,1-4H3. The number of rotatable bonds is 3. The van der Waals surface area contributed by atoms with E-state index in [9.17, 15) is 4.79 Å². The van der Waals surface area contributed by atoms with Crippen molar-refractivity contribution in [2.75, 3.05) is 12.0 Å². The van der Waals surface area contributed by atoms with Crippen molar-refractivity contribution in [3.63, 3.8) is 0 Å². The van der Waals surface area contributed by atoms with Gasteiger partial charge in [-0.25, -0.2) is 0 Å². The van der Waals surface area contributed by atoms with E-state index in [2.05, 4.69) is 20.8 Å². The van der Waals surface area contributed by atoms with E-state index in [1.807, 2.05) is 6.26 Å². The van der Waals surface area contributed by atoms with Crippen LogP contribution in [-0.4, -0.2) is 17.8 Å². The van der Waals surface area contributed by atoms with Crippen molar-refractivity contribution in [1.82, 2.24) is 0 Å². The molecule has 0 saturated heterocycles. The Labute approximate surface area is 67.6 Å². The summed E-state index contributed by atoms with van der Waals surface area (Å²) in [7, 11) is 0. The van der Waals surface area contributed by atoms with Gasteiger partial charge in [-0.05, 0) is 11.7 Å². The molecule has 0 amide bonds. The molecule has 0 unspecified atom stereocenters. The van der Waals surface area contributed by atoms with E-state index in [1.54, 1.807) is 11.8 Å². The fourth-order valence-electron chi connectivity index (χ4n) is 0.804. The Morgan fingerprint density at radius 2 is 1.90 bits per heavy atom. The van der Waals surface area contributed by atoms with Gasteiger partial charge in [0.05, 0.1) is 5.75 Å². The molecular weight excluding hydrogens is 144 g/mol. The van der Waals surface area contributed by atoms with E-state index in [1.165, 1.54) is 0 Å². The van der Waals surface area contributed by atoms with Crippen LogP contribution in [0.2, 0.25) is 0 Å². The predicted molar refractivity (Wildman–Crippen MR) is 47.5 cm³/mol. The lowest BCUT2D eigenvalue weighted by molar-refractivity contribution is -0.118. The molecule has 10 heavy (non-hydrogen) atoms. The molecule has 0 bridgehead atoms. The molecule has 0 aliphatic heterocycles. The van der Waals surface area contributed by atoms with Gasteiger partial charge in [0.1, 0.15) is 5.78 Å². The van der Waals surface area contributed by atoms with Crippen LogP contribution < -0.4 is 0 Å². The van der Waals surface area contributed by atoms with Crippen LogP contribution in [0.25, 0.3) is 0 Å². The van der Waals surface area contributed by atoms with Crippen LogP contribution >= 0.6 is 11.8 Å². The van der Waals surface area contributed by atoms with Crippen molar-refractivity contribution < 1.29 is 4.79 Å². The number of hydrogen-bond donors (Lipinski definition) is 0. The molecule has 2 heteroatoms. The third-order valence-corrected chi connectivity index (χ3v) is 1.64. The molecule has 0 saturated carbocycles. The fraction of sp³-hybridized carbons (Fsp3) is 0.875. The molecule has 0 aliphatic carbocycles. The summed E-state index contributed by atoms with van der Waals surface area (Å²) in [6.45, 7) is 6.27. The first-order valence-corrected chi connectivity index (χ1v) is 4.86. The quantitative estimate of drug-likeness (QED) is 0.630. The Balaban J connectivity index is 3.58. The summed E-state index contributed by atoms with van der Waals surface area (Å²) in [5.74, 6) is 1.03. The lowest BCUT2D eigenvalue weighted by atomic mass is 9.90. The number of hydrogen-bond acceptors (Lipinski definition) is 2. The summed E-state index contributed by atoms with van der Waals surface area (Å²) in [4.78, 5) is 11.0. The minimum absolute atomic E-state index is 0.160. The smallest absolute Gasteiger partial charge is 0.143 e. The average molecular weight is 160 g/mol. The maximum Gasteiger partial charge on any atom is 0.143 e. The summed E-state index contributed by atoms with van der Waals surface area (Å²) in [5, 5.41) is 0.